The average Bonchev–Trinajstić information content (AvgIpc) is 2.96. The maximum atomic E-state index is 5.58. The molecule has 0 fully saturated rings. The summed E-state index contributed by atoms with van der Waals surface area (Å²) in [6.07, 6.45) is 2.34. The Morgan fingerprint density at radius 2 is 1.90 bits per heavy atom. The molecule has 1 aromatic carbocycles. The molecule has 1 heterocycles. The van der Waals surface area contributed by atoms with E-state index in [1.54, 1.807) is 0 Å². The molecule has 0 saturated heterocycles. The molecule has 0 spiro atoms. The highest BCUT2D eigenvalue weighted by atomic mass is 16.5. The van der Waals surface area contributed by atoms with Crippen LogP contribution in [-0.2, 0) is 13.0 Å². The van der Waals surface area contributed by atoms with Gasteiger partial charge in [-0.2, -0.15) is 5.21 Å². The summed E-state index contributed by atoms with van der Waals surface area (Å²) in [6.45, 7) is 7.20. The van der Waals surface area contributed by atoms with E-state index in [1.165, 1.54) is 12.0 Å². The molecular formula is C15H22N4O. The Bertz CT molecular complexity index is 493. The van der Waals surface area contributed by atoms with Crippen LogP contribution in [-0.4, -0.2) is 20.6 Å². The van der Waals surface area contributed by atoms with Crippen molar-refractivity contribution in [2.75, 3.05) is 0 Å². The number of H-pyrrole nitrogens is 1. The molecule has 20 heavy (non-hydrogen) atoms. The summed E-state index contributed by atoms with van der Waals surface area (Å²) in [5.74, 6) is 2.88. The Kier molecular flexibility index (Phi) is 5.09. The molecular weight excluding hydrogens is 252 g/mol. The van der Waals surface area contributed by atoms with Crippen LogP contribution in [0.1, 0.15) is 38.6 Å². The van der Waals surface area contributed by atoms with Gasteiger partial charge in [0.25, 0.3) is 0 Å². The fraction of sp³-hybridized carbons (Fsp3) is 0.533. The van der Waals surface area contributed by atoms with E-state index in [0.717, 1.165) is 24.0 Å². The van der Waals surface area contributed by atoms with Crippen LogP contribution in [0.5, 0.6) is 5.75 Å². The molecule has 0 saturated carbocycles. The Labute approximate surface area is 119 Å². The van der Waals surface area contributed by atoms with Gasteiger partial charge in [0, 0.05) is 0 Å². The highest BCUT2D eigenvalue weighted by Gasteiger charge is 2.07. The van der Waals surface area contributed by atoms with E-state index >= 15 is 0 Å². The van der Waals surface area contributed by atoms with Crippen molar-refractivity contribution in [3.8, 4) is 5.75 Å². The first kappa shape index (κ1) is 14.5. The normalized spacial score (nSPS) is 12.6. The number of hydrogen-bond donors (Lipinski definition) is 1. The van der Waals surface area contributed by atoms with Gasteiger partial charge < -0.3 is 4.74 Å². The minimum atomic E-state index is 0.334. The molecule has 1 atom stereocenters. The quantitative estimate of drug-likeness (QED) is 0.843. The first-order valence-corrected chi connectivity index (χ1v) is 7.09. The third kappa shape index (κ3) is 4.33. The lowest BCUT2D eigenvalue weighted by Crippen LogP contribution is -2.05. The predicted octanol–water partition coefficient (Wildman–Crippen LogP) is 3.00. The Balaban J connectivity index is 1.80. The number of ether oxygens (including phenoxy) is 1. The van der Waals surface area contributed by atoms with Crippen LogP contribution in [0.4, 0.5) is 0 Å². The number of tetrazole rings is 1. The summed E-state index contributed by atoms with van der Waals surface area (Å²) in [5.41, 5.74) is 1.35. The number of benzene rings is 1. The fourth-order valence-corrected chi connectivity index (χ4v) is 1.87. The van der Waals surface area contributed by atoms with Crippen LogP contribution < -0.4 is 4.74 Å². The molecule has 0 aliphatic heterocycles. The standard InChI is InChI=1S/C15H22N4O/c1-11(2)12(3)4-5-13-6-8-14(9-7-13)20-10-15-16-18-19-17-15/h6-9,11-12H,4-5,10H2,1-3H3,(H,16,17,18,19). The summed E-state index contributed by atoms with van der Waals surface area (Å²) in [6, 6.07) is 8.24. The van der Waals surface area contributed by atoms with Gasteiger partial charge in [0.15, 0.2) is 6.61 Å². The van der Waals surface area contributed by atoms with Gasteiger partial charge in [0.05, 0.1) is 0 Å². The second kappa shape index (κ2) is 7.03. The predicted molar refractivity (Wildman–Crippen MR) is 77.3 cm³/mol. The van der Waals surface area contributed by atoms with Crippen molar-refractivity contribution in [2.24, 2.45) is 11.8 Å². The minimum Gasteiger partial charge on any atom is -0.485 e. The Morgan fingerprint density at radius 3 is 2.50 bits per heavy atom. The Hall–Kier alpha value is -1.91. The highest BCUT2D eigenvalue weighted by Crippen LogP contribution is 2.19. The first-order chi connectivity index (χ1) is 9.65. The zero-order valence-electron chi connectivity index (χ0n) is 12.3. The topological polar surface area (TPSA) is 63.7 Å². The highest BCUT2D eigenvalue weighted by molar-refractivity contribution is 5.27. The van der Waals surface area contributed by atoms with Crippen molar-refractivity contribution in [1.82, 2.24) is 20.6 Å². The summed E-state index contributed by atoms with van der Waals surface area (Å²) in [7, 11) is 0. The molecule has 1 N–H and O–H groups in total. The van der Waals surface area contributed by atoms with Gasteiger partial charge in [-0.3, -0.25) is 0 Å². The summed E-state index contributed by atoms with van der Waals surface area (Å²) in [5, 5.41) is 13.6. The molecule has 0 aliphatic carbocycles. The van der Waals surface area contributed by atoms with Gasteiger partial charge in [-0.25, -0.2) is 0 Å². The lowest BCUT2D eigenvalue weighted by molar-refractivity contribution is 0.296. The molecule has 2 rings (SSSR count). The number of hydrogen-bond acceptors (Lipinski definition) is 4. The van der Waals surface area contributed by atoms with E-state index in [1.807, 2.05) is 12.1 Å². The SMILES string of the molecule is CC(C)C(C)CCc1ccc(OCc2nn[nH]n2)cc1. The summed E-state index contributed by atoms with van der Waals surface area (Å²) >= 11 is 0. The second-order valence-electron chi connectivity index (χ2n) is 5.52. The molecule has 2 aromatic rings. The van der Waals surface area contributed by atoms with Gasteiger partial charge in [0.1, 0.15) is 5.75 Å². The molecule has 0 radical (unpaired) electrons. The summed E-state index contributed by atoms with van der Waals surface area (Å²) < 4.78 is 5.58. The van der Waals surface area contributed by atoms with Crippen LogP contribution in [0.3, 0.4) is 0 Å². The van der Waals surface area contributed by atoms with Gasteiger partial charge in [-0.1, -0.05) is 38.1 Å². The first-order valence-electron chi connectivity index (χ1n) is 7.09. The number of nitrogens with zero attached hydrogens (tertiary/aromatic N) is 3. The monoisotopic (exact) mass is 274 g/mol. The van der Waals surface area contributed by atoms with Crippen molar-refractivity contribution in [3.05, 3.63) is 35.7 Å². The van der Waals surface area contributed by atoms with E-state index < -0.39 is 0 Å². The van der Waals surface area contributed by atoms with Crippen LogP contribution in [0.15, 0.2) is 24.3 Å². The van der Waals surface area contributed by atoms with Gasteiger partial charge in [-0.15, -0.1) is 10.2 Å². The van der Waals surface area contributed by atoms with Crippen molar-refractivity contribution in [2.45, 2.75) is 40.2 Å². The molecule has 1 unspecified atom stereocenters. The van der Waals surface area contributed by atoms with Crippen molar-refractivity contribution < 1.29 is 4.74 Å². The zero-order chi connectivity index (χ0) is 14.4. The van der Waals surface area contributed by atoms with Crippen LogP contribution >= 0.6 is 0 Å². The lowest BCUT2D eigenvalue weighted by atomic mass is 9.91. The maximum Gasteiger partial charge on any atom is 0.211 e. The third-order valence-corrected chi connectivity index (χ3v) is 3.71. The van der Waals surface area contributed by atoms with Crippen molar-refractivity contribution in [3.63, 3.8) is 0 Å². The number of aryl methyl sites for hydroxylation is 1. The van der Waals surface area contributed by atoms with E-state index in [0.29, 0.717) is 12.4 Å². The molecule has 108 valence electrons. The minimum absolute atomic E-state index is 0.334. The number of aromatic amines is 1. The molecule has 0 aliphatic rings. The second-order valence-corrected chi connectivity index (χ2v) is 5.52. The van der Waals surface area contributed by atoms with Crippen LogP contribution in [0, 0.1) is 11.8 Å². The van der Waals surface area contributed by atoms with Crippen LogP contribution in [0.25, 0.3) is 0 Å². The molecule has 5 heteroatoms. The maximum absolute atomic E-state index is 5.58. The van der Waals surface area contributed by atoms with Crippen molar-refractivity contribution >= 4 is 0 Å². The van der Waals surface area contributed by atoms with Gasteiger partial charge in [0.2, 0.25) is 5.82 Å². The Morgan fingerprint density at radius 1 is 1.15 bits per heavy atom. The van der Waals surface area contributed by atoms with Crippen LogP contribution in [0.2, 0.25) is 0 Å². The molecule has 0 amide bonds. The largest absolute Gasteiger partial charge is 0.485 e. The van der Waals surface area contributed by atoms with E-state index in [9.17, 15) is 0 Å². The number of rotatable bonds is 7. The number of nitrogens with one attached hydrogen (secondary N) is 1. The average molecular weight is 274 g/mol. The summed E-state index contributed by atoms with van der Waals surface area (Å²) in [4.78, 5) is 0. The molecule has 1 aromatic heterocycles. The van der Waals surface area contributed by atoms with E-state index in [4.69, 9.17) is 4.74 Å². The number of aromatic nitrogens is 4. The van der Waals surface area contributed by atoms with Crippen molar-refractivity contribution in [1.29, 1.82) is 0 Å². The third-order valence-electron chi connectivity index (χ3n) is 3.71. The molecule has 5 nitrogen and oxygen atoms in total. The smallest absolute Gasteiger partial charge is 0.211 e. The van der Waals surface area contributed by atoms with Gasteiger partial charge in [-0.05, 0) is 42.4 Å². The zero-order valence-corrected chi connectivity index (χ0v) is 12.3. The van der Waals surface area contributed by atoms with E-state index in [2.05, 4.69) is 53.5 Å². The molecule has 0 bridgehead atoms. The lowest BCUT2D eigenvalue weighted by Gasteiger charge is -2.15. The van der Waals surface area contributed by atoms with Gasteiger partial charge >= 0.3 is 0 Å². The fourth-order valence-electron chi connectivity index (χ4n) is 1.87. The van der Waals surface area contributed by atoms with E-state index in [-0.39, 0.29) is 0 Å².